The molecule has 1 amide bonds. The van der Waals surface area contributed by atoms with Crippen molar-refractivity contribution in [2.75, 3.05) is 13.1 Å². The predicted molar refractivity (Wildman–Crippen MR) is 72.2 cm³/mol. The molecule has 3 nitrogen and oxygen atoms in total. The van der Waals surface area contributed by atoms with E-state index in [9.17, 15) is 4.79 Å². The van der Waals surface area contributed by atoms with Crippen molar-refractivity contribution in [3.05, 3.63) is 34.3 Å². The van der Waals surface area contributed by atoms with Crippen LogP contribution in [-0.2, 0) is 11.2 Å². The Balaban J connectivity index is 2.07. The number of benzene rings is 1. The third-order valence-electron chi connectivity index (χ3n) is 2.88. The molecular formula is C12H13ClN2OS. The van der Waals surface area contributed by atoms with Crippen LogP contribution in [0, 0.1) is 6.92 Å². The lowest BCUT2D eigenvalue weighted by molar-refractivity contribution is -0.124. The average Bonchev–Trinajstić information content (AvgIpc) is 2.59. The quantitative estimate of drug-likeness (QED) is 0.850. The van der Waals surface area contributed by atoms with E-state index >= 15 is 0 Å². The summed E-state index contributed by atoms with van der Waals surface area (Å²) in [5, 5.41) is 4.12. The van der Waals surface area contributed by atoms with E-state index in [0.29, 0.717) is 18.2 Å². The van der Waals surface area contributed by atoms with Gasteiger partial charge in [-0.1, -0.05) is 23.7 Å². The fraction of sp³-hybridized carbons (Fsp3) is 0.333. The van der Waals surface area contributed by atoms with Crippen molar-refractivity contribution < 1.29 is 4.79 Å². The highest BCUT2D eigenvalue weighted by Gasteiger charge is 2.24. The van der Waals surface area contributed by atoms with E-state index in [1.165, 1.54) is 0 Å². The molecule has 1 saturated heterocycles. The Kier molecular flexibility index (Phi) is 3.64. The average molecular weight is 269 g/mol. The lowest BCUT2D eigenvalue weighted by atomic mass is 10.1. The Morgan fingerprint density at radius 3 is 2.88 bits per heavy atom. The summed E-state index contributed by atoms with van der Waals surface area (Å²) < 4.78 is 0. The zero-order valence-corrected chi connectivity index (χ0v) is 11.1. The van der Waals surface area contributed by atoms with Crippen LogP contribution in [-0.4, -0.2) is 29.0 Å². The summed E-state index contributed by atoms with van der Waals surface area (Å²) in [6, 6.07) is 5.81. The maximum absolute atomic E-state index is 11.5. The number of thiocarbonyl (C=S) groups is 1. The third kappa shape index (κ3) is 2.58. The monoisotopic (exact) mass is 268 g/mol. The standard InChI is InChI=1S/C12H13ClN2OS/c1-8-3-2-4-10(13)9(8)5-6-15-11(16)7-14-12(15)17/h2-4H,5-7H2,1H3,(H,14,17). The van der Waals surface area contributed by atoms with Crippen LogP contribution in [0.4, 0.5) is 0 Å². The Morgan fingerprint density at radius 1 is 1.53 bits per heavy atom. The smallest absolute Gasteiger partial charge is 0.248 e. The van der Waals surface area contributed by atoms with Crippen molar-refractivity contribution in [2.24, 2.45) is 0 Å². The largest absolute Gasteiger partial charge is 0.353 e. The second-order valence-electron chi connectivity index (χ2n) is 3.99. The predicted octanol–water partition coefficient (Wildman–Crippen LogP) is 1.91. The molecule has 1 aliphatic heterocycles. The molecule has 1 aromatic rings. The molecule has 0 atom stereocenters. The van der Waals surface area contributed by atoms with Crippen LogP contribution in [0.2, 0.25) is 5.02 Å². The third-order valence-corrected chi connectivity index (χ3v) is 3.59. The zero-order chi connectivity index (χ0) is 12.4. The van der Waals surface area contributed by atoms with Gasteiger partial charge in [0.05, 0.1) is 6.54 Å². The maximum atomic E-state index is 11.5. The summed E-state index contributed by atoms with van der Waals surface area (Å²) >= 11 is 11.2. The number of hydrogen-bond acceptors (Lipinski definition) is 2. The molecule has 17 heavy (non-hydrogen) atoms. The number of carbonyl (C=O) groups is 1. The Bertz CT molecular complexity index is 439. The van der Waals surface area contributed by atoms with E-state index in [2.05, 4.69) is 5.32 Å². The van der Waals surface area contributed by atoms with Crippen molar-refractivity contribution in [1.29, 1.82) is 0 Å². The molecule has 0 aromatic heterocycles. The van der Waals surface area contributed by atoms with Gasteiger partial charge in [-0.2, -0.15) is 0 Å². The van der Waals surface area contributed by atoms with Crippen LogP contribution >= 0.6 is 23.8 Å². The van der Waals surface area contributed by atoms with Crippen LogP contribution < -0.4 is 5.32 Å². The number of halogens is 1. The van der Waals surface area contributed by atoms with Crippen molar-refractivity contribution >= 4 is 34.8 Å². The lowest BCUT2D eigenvalue weighted by Crippen LogP contribution is -2.32. The molecule has 0 saturated carbocycles. The minimum absolute atomic E-state index is 0.0275. The number of rotatable bonds is 3. The Labute approximate surface area is 111 Å². The lowest BCUT2D eigenvalue weighted by Gasteiger charge is -2.16. The van der Waals surface area contributed by atoms with Gasteiger partial charge in [-0.3, -0.25) is 9.69 Å². The van der Waals surface area contributed by atoms with E-state index in [4.69, 9.17) is 23.8 Å². The molecule has 1 heterocycles. The van der Waals surface area contributed by atoms with Gasteiger partial charge in [0.2, 0.25) is 5.91 Å². The van der Waals surface area contributed by atoms with Gasteiger partial charge in [0, 0.05) is 11.6 Å². The molecular weight excluding hydrogens is 256 g/mol. The van der Waals surface area contributed by atoms with Gasteiger partial charge in [-0.25, -0.2) is 0 Å². The van der Waals surface area contributed by atoms with Gasteiger partial charge < -0.3 is 5.32 Å². The molecule has 0 radical (unpaired) electrons. The molecule has 1 aromatic carbocycles. The second-order valence-corrected chi connectivity index (χ2v) is 4.78. The first-order valence-corrected chi connectivity index (χ1v) is 6.20. The first-order chi connectivity index (χ1) is 8.09. The van der Waals surface area contributed by atoms with Crippen LogP contribution in [0.1, 0.15) is 11.1 Å². The summed E-state index contributed by atoms with van der Waals surface area (Å²) in [6.45, 7) is 2.90. The number of amides is 1. The van der Waals surface area contributed by atoms with Gasteiger partial charge in [0.15, 0.2) is 5.11 Å². The van der Waals surface area contributed by atoms with E-state index in [1.807, 2.05) is 25.1 Å². The van der Waals surface area contributed by atoms with Crippen molar-refractivity contribution in [2.45, 2.75) is 13.3 Å². The van der Waals surface area contributed by atoms with E-state index < -0.39 is 0 Å². The Hall–Kier alpha value is -1.13. The molecule has 0 aliphatic carbocycles. The summed E-state index contributed by atoms with van der Waals surface area (Å²) in [5.41, 5.74) is 2.22. The number of nitrogens with zero attached hydrogens (tertiary/aromatic N) is 1. The van der Waals surface area contributed by atoms with Crippen LogP contribution in [0.25, 0.3) is 0 Å². The van der Waals surface area contributed by atoms with Crippen LogP contribution in [0.15, 0.2) is 18.2 Å². The topological polar surface area (TPSA) is 32.3 Å². The second kappa shape index (κ2) is 5.02. The maximum Gasteiger partial charge on any atom is 0.248 e. The summed E-state index contributed by atoms with van der Waals surface area (Å²) in [4.78, 5) is 13.1. The number of carbonyl (C=O) groups excluding carboxylic acids is 1. The van der Waals surface area contributed by atoms with Gasteiger partial charge >= 0.3 is 0 Å². The van der Waals surface area contributed by atoms with Gasteiger partial charge in [0.1, 0.15) is 0 Å². The normalized spacial score (nSPS) is 15.3. The minimum atomic E-state index is 0.0275. The number of hydrogen-bond donors (Lipinski definition) is 1. The first kappa shape index (κ1) is 12.3. The van der Waals surface area contributed by atoms with E-state index in [1.54, 1.807) is 4.90 Å². The highest BCUT2D eigenvalue weighted by Crippen LogP contribution is 2.20. The van der Waals surface area contributed by atoms with Crippen molar-refractivity contribution in [3.63, 3.8) is 0 Å². The van der Waals surface area contributed by atoms with Crippen LogP contribution in [0.5, 0.6) is 0 Å². The molecule has 0 unspecified atom stereocenters. The first-order valence-electron chi connectivity index (χ1n) is 5.42. The molecule has 5 heteroatoms. The summed E-state index contributed by atoms with van der Waals surface area (Å²) in [5.74, 6) is 0.0275. The van der Waals surface area contributed by atoms with E-state index in [-0.39, 0.29) is 5.91 Å². The molecule has 2 rings (SSSR count). The van der Waals surface area contributed by atoms with Crippen molar-refractivity contribution in [3.8, 4) is 0 Å². The zero-order valence-electron chi connectivity index (χ0n) is 9.50. The van der Waals surface area contributed by atoms with Gasteiger partial charge in [-0.15, -0.1) is 0 Å². The van der Waals surface area contributed by atoms with Gasteiger partial charge in [-0.05, 0) is 42.8 Å². The fourth-order valence-corrected chi connectivity index (χ4v) is 2.47. The molecule has 90 valence electrons. The molecule has 1 N–H and O–H groups in total. The minimum Gasteiger partial charge on any atom is -0.353 e. The highest BCUT2D eigenvalue weighted by molar-refractivity contribution is 7.80. The summed E-state index contributed by atoms with van der Waals surface area (Å²) in [6.07, 6.45) is 0.721. The molecule has 1 fully saturated rings. The molecule has 0 bridgehead atoms. The SMILES string of the molecule is Cc1cccc(Cl)c1CCN1C(=O)CNC1=S. The molecule has 1 aliphatic rings. The number of aryl methyl sites for hydroxylation is 1. The van der Waals surface area contributed by atoms with Crippen LogP contribution in [0.3, 0.4) is 0 Å². The Morgan fingerprint density at radius 2 is 2.29 bits per heavy atom. The highest BCUT2D eigenvalue weighted by atomic mass is 35.5. The van der Waals surface area contributed by atoms with E-state index in [0.717, 1.165) is 22.6 Å². The van der Waals surface area contributed by atoms with Crippen molar-refractivity contribution in [1.82, 2.24) is 10.2 Å². The molecule has 0 spiro atoms. The van der Waals surface area contributed by atoms with Gasteiger partial charge in [0.25, 0.3) is 0 Å². The number of nitrogens with one attached hydrogen (secondary N) is 1. The summed E-state index contributed by atoms with van der Waals surface area (Å²) in [7, 11) is 0. The fourth-order valence-electron chi connectivity index (χ4n) is 1.89.